The maximum Gasteiger partial charge on any atom is 0.224 e. The van der Waals surface area contributed by atoms with Crippen molar-refractivity contribution < 1.29 is 4.74 Å². The number of anilines is 1. The first-order chi connectivity index (χ1) is 9.88. The fraction of sp³-hybridized carbons (Fsp3) is 0.400. The van der Waals surface area contributed by atoms with Gasteiger partial charge in [-0.1, -0.05) is 44.7 Å². The average Bonchev–Trinajstić information content (AvgIpc) is 2.44. The van der Waals surface area contributed by atoms with Crippen molar-refractivity contribution in [3.05, 3.63) is 35.7 Å². The van der Waals surface area contributed by atoms with Crippen LogP contribution in [0, 0.1) is 0 Å². The Morgan fingerprint density at radius 2 is 1.76 bits per heavy atom. The van der Waals surface area contributed by atoms with Gasteiger partial charge < -0.3 is 10.5 Å². The molecule has 21 heavy (non-hydrogen) atoms. The van der Waals surface area contributed by atoms with Crippen molar-refractivity contribution in [2.24, 2.45) is 0 Å². The van der Waals surface area contributed by atoms with Crippen molar-refractivity contribution in [2.75, 3.05) is 12.0 Å². The number of ether oxygens (including phenoxy) is 1. The lowest BCUT2D eigenvalue weighted by Gasteiger charge is -2.19. The van der Waals surface area contributed by atoms with Crippen LogP contribution in [0.5, 0.6) is 5.75 Å². The number of rotatable bonds is 4. The van der Waals surface area contributed by atoms with E-state index in [0.717, 1.165) is 5.75 Å². The summed E-state index contributed by atoms with van der Waals surface area (Å²) >= 11 is 1.43. The summed E-state index contributed by atoms with van der Waals surface area (Å²) in [6, 6.07) is 8.07. The first-order valence-corrected chi connectivity index (χ1v) is 7.89. The maximum absolute atomic E-state index is 5.70. The minimum Gasteiger partial charge on any atom is -0.486 e. The second-order valence-corrected chi connectivity index (χ2v) is 6.43. The number of nitrogens with two attached hydrogens (primary N) is 1. The molecule has 1 aromatic heterocycles. The number of nitrogens with zero attached hydrogens (tertiary/aromatic N) is 3. The van der Waals surface area contributed by atoms with E-state index in [0.29, 0.717) is 11.0 Å². The van der Waals surface area contributed by atoms with E-state index in [1.807, 2.05) is 18.4 Å². The molecule has 0 saturated carbocycles. The molecule has 0 aliphatic carbocycles. The number of nitrogen functional groups attached to an aromatic ring is 1. The van der Waals surface area contributed by atoms with Gasteiger partial charge in [-0.3, -0.25) is 0 Å². The number of aromatic nitrogens is 3. The van der Waals surface area contributed by atoms with E-state index < -0.39 is 0 Å². The molecule has 1 aromatic carbocycles. The lowest BCUT2D eigenvalue weighted by Crippen LogP contribution is -2.11. The van der Waals surface area contributed by atoms with Crippen molar-refractivity contribution in [2.45, 2.75) is 37.9 Å². The van der Waals surface area contributed by atoms with Gasteiger partial charge in [0.15, 0.2) is 11.0 Å². The fourth-order valence-corrected chi connectivity index (χ4v) is 2.15. The van der Waals surface area contributed by atoms with Gasteiger partial charge in [-0.05, 0) is 29.4 Å². The topological polar surface area (TPSA) is 73.9 Å². The van der Waals surface area contributed by atoms with Crippen LogP contribution in [0.2, 0.25) is 0 Å². The molecule has 2 aromatic rings. The van der Waals surface area contributed by atoms with E-state index >= 15 is 0 Å². The maximum atomic E-state index is 5.70. The second-order valence-electron chi connectivity index (χ2n) is 5.66. The van der Waals surface area contributed by atoms with Crippen LogP contribution in [-0.2, 0) is 12.0 Å². The monoisotopic (exact) mass is 304 g/mol. The Balaban J connectivity index is 2.05. The number of hydrogen-bond acceptors (Lipinski definition) is 6. The molecule has 0 aliphatic heterocycles. The number of benzene rings is 1. The van der Waals surface area contributed by atoms with Crippen LogP contribution < -0.4 is 10.5 Å². The van der Waals surface area contributed by atoms with Crippen LogP contribution in [0.3, 0.4) is 0 Å². The van der Waals surface area contributed by atoms with E-state index in [2.05, 4.69) is 47.9 Å². The van der Waals surface area contributed by atoms with Gasteiger partial charge in [-0.25, -0.2) is 4.98 Å². The molecule has 0 spiro atoms. The molecule has 0 aliphatic rings. The molecule has 0 saturated heterocycles. The highest BCUT2D eigenvalue weighted by molar-refractivity contribution is 7.98. The van der Waals surface area contributed by atoms with Gasteiger partial charge in [0.2, 0.25) is 5.95 Å². The predicted molar refractivity (Wildman–Crippen MR) is 85.5 cm³/mol. The van der Waals surface area contributed by atoms with E-state index in [1.54, 1.807) is 0 Å². The van der Waals surface area contributed by atoms with Crippen molar-refractivity contribution in [3.8, 4) is 5.75 Å². The van der Waals surface area contributed by atoms with Gasteiger partial charge >= 0.3 is 0 Å². The van der Waals surface area contributed by atoms with Crippen LogP contribution in [-0.4, -0.2) is 21.2 Å². The van der Waals surface area contributed by atoms with Crippen LogP contribution in [0.25, 0.3) is 0 Å². The van der Waals surface area contributed by atoms with Crippen molar-refractivity contribution >= 4 is 17.7 Å². The summed E-state index contributed by atoms with van der Waals surface area (Å²) in [7, 11) is 0. The molecule has 112 valence electrons. The molecule has 1 heterocycles. The summed E-state index contributed by atoms with van der Waals surface area (Å²) in [6.07, 6.45) is 1.89. The molecule has 0 fully saturated rings. The molecule has 0 radical (unpaired) electrons. The number of thioether (sulfide) groups is 1. The van der Waals surface area contributed by atoms with Crippen LogP contribution in [0.4, 0.5) is 5.95 Å². The smallest absolute Gasteiger partial charge is 0.224 e. The van der Waals surface area contributed by atoms with Gasteiger partial charge in [-0.15, -0.1) is 0 Å². The van der Waals surface area contributed by atoms with Gasteiger partial charge in [0.05, 0.1) is 0 Å². The molecule has 0 bridgehead atoms. The average molecular weight is 304 g/mol. The molecule has 5 nitrogen and oxygen atoms in total. The largest absolute Gasteiger partial charge is 0.486 e. The van der Waals surface area contributed by atoms with Crippen molar-refractivity contribution in [3.63, 3.8) is 0 Å². The zero-order valence-corrected chi connectivity index (χ0v) is 13.6. The summed E-state index contributed by atoms with van der Waals surface area (Å²) < 4.78 is 5.70. The van der Waals surface area contributed by atoms with Gasteiger partial charge in [0.25, 0.3) is 0 Å². The summed E-state index contributed by atoms with van der Waals surface area (Å²) in [5.41, 5.74) is 7.04. The molecule has 0 unspecified atom stereocenters. The van der Waals surface area contributed by atoms with Gasteiger partial charge in [-0.2, -0.15) is 9.97 Å². The molecular weight excluding hydrogens is 284 g/mol. The summed E-state index contributed by atoms with van der Waals surface area (Å²) in [5.74, 6) is 1.54. The van der Waals surface area contributed by atoms with E-state index in [1.165, 1.54) is 17.3 Å². The first kappa shape index (κ1) is 15.6. The molecule has 6 heteroatoms. The lowest BCUT2D eigenvalue weighted by atomic mass is 9.87. The third-order valence-corrected chi connectivity index (χ3v) is 3.50. The lowest BCUT2D eigenvalue weighted by molar-refractivity contribution is 0.294. The summed E-state index contributed by atoms with van der Waals surface area (Å²) in [5, 5.41) is 0.601. The minimum atomic E-state index is 0.133. The van der Waals surface area contributed by atoms with Crippen LogP contribution in [0.15, 0.2) is 29.4 Å². The van der Waals surface area contributed by atoms with Crippen molar-refractivity contribution in [1.29, 1.82) is 0 Å². The molecule has 0 amide bonds. The van der Waals surface area contributed by atoms with E-state index in [-0.39, 0.29) is 18.0 Å². The second kappa shape index (κ2) is 6.30. The van der Waals surface area contributed by atoms with Gasteiger partial charge in [0.1, 0.15) is 12.4 Å². The first-order valence-electron chi connectivity index (χ1n) is 6.66. The Morgan fingerprint density at radius 1 is 1.10 bits per heavy atom. The fourth-order valence-electron chi connectivity index (χ4n) is 1.77. The van der Waals surface area contributed by atoms with Crippen LogP contribution >= 0.6 is 11.8 Å². The predicted octanol–water partition coefficient (Wildman–Crippen LogP) is 3.05. The Kier molecular flexibility index (Phi) is 4.67. The Morgan fingerprint density at radius 3 is 2.33 bits per heavy atom. The highest BCUT2D eigenvalue weighted by Gasteiger charge is 2.13. The minimum absolute atomic E-state index is 0.133. The highest BCUT2D eigenvalue weighted by atomic mass is 32.2. The molecule has 2 N–H and O–H groups in total. The van der Waals surface area contributed by atoms with Gasteiger partial charge in [0, 0.05) is 0 Å². The van der Waals surface area contributed by atoms with Crippen LogP contribution in [0.1, 0.15) is 32.2 Å². The quantitative estimate of drug-likeness (QED) is 0.875. The SMILES string of the molecule is CSc1nc(N)nc(COc2ccc(C(C)(C)C)cc2)n1. The zero-order valence-electron chi connectivity index (χ0n) is 12.8. The Hall–Kier alpha value is -1.82. The molecular formula is C15H20N4OS. The molecule has 2 rings (SSSR count). The summed E-state index contributed by atoms with van der Waals surface area (Å²) in [6.45, 7) is 6.82. The normalized spacial score (nSPS) is 11.4. The number of hydrogen-bond donors (Lipinski definition) is 1. The standard InChI is InChI=1S/C15H20N4OS/c1-15(2,3)10-5-7-11(8-6-10)20-9-12-17-13(16)19-14(18-12)21-4/h5-8H,9H2,1-4H3,(H2,16,17,18,19). The third-order valence-electron chi connectivity index (χ3n) is 2.95. The summed E-state index contributed by atoms with van der Waals surface area (Å²) in [4.78, 5) is 12.3. The highest BCUT2D eigenvalue weighted by Crippen LogP contribution is 2.24. The zero-order chi connectivity index (χ0) is 15.5. The Bertz CT molecular complexity index is 608. The Labute approximate surface area is 129 Å². The molecule has 0 atom stereocenters. The van der Waals surface area contributed by atoms with E-state index in [9.17, 15) is 0 Å². The third kappa shape index (κ3) is 4.32. The van der Waals surface area contributed by atoms with E-state index in [4.69, 9.17) is 10.5 Å². The van der Waals surface area contributed by atoms with Crippen molar-refractivity contribution in [1.82, 2.24) is 15.0 Å².